The van der Waals surface area contributed by atoms with Crippen LogP contribution in [0.1, 0.15) is 15.9 Å². The highest BCUT2D eigenvalue weighted by Gasteiger charge is 2.25. The molecule has 0 fully saturated rings. The van der Waals surface area contributed by atoms with E-state index < -0.39 is 27.6 Å². The topological polar surface area (TPSA) is 116 Å². The van der Waals surface area contributed by atoms with Crippen LogP contribution in [0.4, 0.5) is 11.4 Å². The molecule has 172 valence electrons. The first-order valence-electron chi connectivity index (χ1n) is 9.50. The highest BCUT2D eigenvalue weighted by molar-refractivity contribution is 7.92. The molecule has 3 rings (SSSR count). The molecular formula is C22H19ClN2O7S. The molecule has 0 radical (unpaired) electrons. The monoisotopic (exact) mass is 490 g/mol. The molecule has 0 aliphatic rings. The number of nitro benzene ring substituents is 1. The Kier molecular flexibility index (Phi) is 7.52. The van der Waals surface area contributed by atoms with Crippen molar-refractivity contribution in [3.05, 3.63) is 94.0 Å². The lowest BCUT2D eigenvalue weighted by Crippen LogP contribution is -2.33. The van der Waals surface area contributed by atoms with Gasteiger partial charge in [0.05, 0.1) is 28.5 Å². The first-order valence-corrected chi connectivity index (χ1v) is 11.9. The predicted octanol–water partition coefficient (Wildman–Crippen LogP) is 4.71. The average Bonchev–Trinajstić information content (AvgIpc) is 2.79. The van der Waals surface area contributed by atoms with Gasteiger partial charge in [-0.05, 0) is 35.9 Å². The van der Waals surface area contributed by atoms with Crippen LogP contribution < -0.4 is 9.04 Å². The van der Waals surface area contributed by atoms with E-state index in [1.54, 1.807) is 42.5 Å². The van der Waals surface area contributed by atoms with Gasteiger partial charge in [-0.2, -0.15) is 0 Å². The van der Waals surface area contributed by atoms with Crippen LogP contribution in [-0.4, -0.2) is 32.3 Å². The minimum Gasteiger partial charge on any atom is -0.455 e. The minimum absolute atomic E-state index is 0.0331. The molecule has 0 aromatic heterocycles. The van der Waals surface area contributed by atoms with Crippen molar-refractivity contribution in [2.45, 2.75) is 5.88 Å². The molecule has 0 N–H and O–H groups in total. The fourth-order valence-electron chi connectivity index (χ4n) is 2.85. The lowest BCUT2D eigenvalue weighted by molar-refractivity contribution is -0.384. The molecule has 0 unspecified atom stereocenters. The standard InChI is InChI=1S/C22H19ClN2O7S/c1-33(29,30)24(15-31-22(26)17-7-5-6-16(12-17)14-23)20-11-10-18(25(27)28)13-21(20)32-19-8-3-2-4-9-19/h2-13H,14-15H2,1H3. The summed E-state index contributed by atoms with van der Waals surface area (Å²) in [6.07, 6.45) is 0.919. The molecule has 0 atom stereocenters. The maximum atomic E-state index is 12.5. The molecule has 3 aromatic carbocycles. The number of non-ortho nitro benzene ring substituents is 1. The third kappa shape index (κ3) is 6.21. The van der Waals surface area contributed by atoms with Gasteiger partial charge in [0.15, 0.2) is 12.5 Å². The number of hydrogen-bond acceptors (Lipinski definition) is 7. The molecule has 11 heteroatoms. The largest absolute Gasteiger partial charge is 0.455 e. The number of nitro groups is 1. The Morgan fingerprint density at radius 2 is 1.79 bits per heavy atom. The molecule has 0 bridgehead atoms. The number of rotatable bonds is 9. The van der Waals surface area contributed by atoms with Crippen molar-refractivity contribution in [1.29, 1.82) is 0 Å². The van der Waals surface area contributed by atoms with E-state index in [0.717, 1.165) is 22.7 Å². The van der Waals surface area contributed by atoms with Gasteiger partial charge in [-0.1, -0.05) is 30.3 Å². The first kappa shape index (κ1) is 24.0. The van der Waals surface area contributed by atoms with E-state index in [2.05, 4.69) is 0 Å². The number of alkyl halides is 1. The Morgan fingerprint density at radius 1 is 1.06 bits per heavy atom. The van der Waals surface area contributed by atoms with Gasteiger partial charge < -0.3 is 9.47 Å². The summed E-state index contributed by atoms with van der Waals surface area (Å²) in [6, 6.07) is 18.2. The molecule has 0 saturated carbocycles. The third-order valence-corrected chi connectivity index (χ3v) is 5.84. The van der Waals surface area contributed by atoms with Crippen LogP contribution in [0.2, 0.25) is 0 Å². The van der Waals surface area contributed by atoms with Crippen LogP contribution in [0.5, 0.6) is 11.5 Å². The minimum atomic E-state index is -3.97. The fourth-order valence-corrected chi connectivity index (χ4v) is 3.76. The molecule has 33 heavy (non-hydrogen) atoms. The molecule has 0 heterocycles. The van der Waals surface area contributed by atoms with E-state index in [0.29, 0.717) is 11.3 Å². The second kappa shape index (κ2) is 10.3. The van der Waals surface area contributed by atoms with E-state index in [9.17, 15) is 23.3 Å². The van der Waals surface area contributed by atoms with Crippen LogP contribution in [-0.2, 0) is 20.6 Å². The number of halogens is 1. The van der Waals surface area contributed by atoms with Crippen molar-refractivity contribution in [2.24, 2.45) is 0 Å². The number of carbonyl (C=O) groups is 1. The fraction of sp³-hybridized carbons (Fsp3) is 0.136. The van der Waals surface area contributed by atoms with Crippen molar-refractivity contribution >= 4 is 39.0 Å². The van der Waals surface area contributed by atoms with E-state index in [-0.39, 0.29) is 28.6 Å². The number of sulfonamides is 1. The number of benzene rings is 3. The Bertz CT molecular complexity index is 1270. The first-order chi connectivity index (χ1) is 15.7. The Morgan fingerprint density at radius 3 is 2.42 bits per heavy atom. The Hall–Kier alpha value is -3.63. The SMILES string of the molecule is CS(=O)(=O)N(COC(=O)c1cccc(CCl)c1)c1ccc([N+](=O)[O-])cc1Oc1ccccc1. The second-order valence-electron chi connectivity index (χ2n) is 6.83. The number of hydrogen-bond donors (Lipinski definition) is 0. The van der Waals surface area contributed by atoms with Gasteiger partial charge in [0.2, 0.25) is 10.0 Å². The van der Waals surface area contributed by atoms with Crippen LogP contribution in [0.15, 0.2) is 72.8 Å². The third-order valence-electron chi connectivity index (χ3n) is 4.42. The molecule has 0 spiro atoms. The average molecular weight is 491 g/mol. The lowest BCUT2D eigenvalue weighted by Gasteiger charge is -2.24. The number of carbonyl (C=O) groups excluding carboxylic acids is 1. The van der Waals surface area contributed by atoms with Gasteiger partial charge in [-0.25, -0.2) is 17.5 Å². The summed E-state index contributed by atoms with van der Waals surface area (Å²) in [5.74, 6) is -0.328. The van der Waals surface area contributed by atoms with Gasteiger partial charge in [-0.15, -0.1) is 11.6 Å². The quantitative estimate of drug-likeness (QED) is 0.140. The van der Waals surface area contributed by atoms with E-state index in [4.69, 9.17) is 21.1 Å². The highest BCUT2D eigenvalue weighted by Crippen LogP contribution is 2.36. The maximum Gasteiger partial charge on any atom is 0.339 e. The number of ether oxygens (including phenoxy) is 2. The molecule has 9 nitrogen and oxygen atoms in total. The van der Waals surface area contributed by atoms with E-state index in [1.807, 2.05) is 0 Å². The van der Waals surface area contributed by atoms with Crippen molar-refractivity contribution < 1.29 is 27.6 Å². The van der Waals surface area contributed by atoms with E-state index >= 15 is 0 Å². The number of nitrogens with zero attached hydrogens (tertiary/aromatic N) is 2. The number of anilines is 1. The molecule has 0 aliphatic carbocycles. The summed E-state index contributed by atoms with van der Waals surface area (Å²) in [6.45, 7) is -0.675. The van der Waals surface area contributed by atoms with Crippen LogP contribution in [0.3, 0.4) is 0 Å². The summed E-state index contributed by atoms with van der Waals surface area (Å²) in [5, 5.41) is 11.2. The highest BCUT2D eigenvalue weighted by atomic mass is 35.5. The van der Waals surface area contributed by atoms with Gasteiger partial charge in [0.1, 0.15) is 5.75 Å². The Balaban J connectivity index is 1.94. The smallest absolute Gasteiger partial charge is 0.339 e. The van der Waals surface area contributed by atoms with Crippen molar-refractivity contribution in [3.63, 3.8) is 0 Å². The summed E-state index contributed by atoms with van der Waals surface area (Å²) in [7, 11) is -3.97. The normalized spacial score (nSPS) is 11.0. The van der Waals surface area contributed by atoms with Crippen molar-refractivity contribution in [3.8, 4) is 11.5 Å². The zero-order chi connectivity index (χ0) is 24.0. The summed E-state index contributed by atoms with van der Waals surface area (Å²) >= 11 is 5.79. The lowest BCUT2D eigenvalue weighted by atomic mass is 10.1. The summed E-state index contributed by atoms with van der Waals surface area (Å²) in [4.78, 5) is 23.1. The molecule has 0 aliphatic heterocycles. The molecule has 0 saturated heterocycles. The zero-order valence-electron chi connectivity index (χ0n) is 17.4. The van der Waals surface area contributed by atoms with Crippen LogP contribution in [0.25, 0.3) is 0 Å². The Labute approximate surface area is 195 Å². The number of para-hydroxylation sites is 1. The summed E-state index contributed by atoms with van der Waals surface area (Å²) in [5.41, 5.74) is 0.563. The molecule has 3 aromatic rings. The summed E-state index contributed by atoms with van der Waals surface area (Å²) < 4.78 is 36.8. The zero-order valence-corrected chi connectivity index (χ0v) is 19.0. The van der Waals surface area contributed by atoms with Crippen molar-refractivity contribution in [1.82, 2.24) is 0 Å². The van der Waals surface area contributed by atoms with Gasteiger partial charge in [-0.3, -0.25) is 10.1 Å². The predicted molar refractivity (Wildman–Crippen MR) is 123 cm³/mol. The second-order valence-corrected chi connectivity index (χ2v) is 9.00. The molecular weight excluding hydrogens is 472 g/mol. The number of esters is 1. The van der Waals surface area contributed by atoms with Crippen LogP contribution >= 0.6 is 11.6 Å². The van der Waals surface area contributed by atoms with Gasteiger partial charge in [0, 0.05) is 11.9 Å². The van der Waals surface area contributed by atoms with E-state index in [1.165, 1.54) is 18.2 Å². The maximum absolute atomic E-state index is 12.5. The van der Waals surface area contributed by atoms with Crippen molar-refractivity contribution in [2.75, 3.05) is 17.3 Å². The van der Waals surface area contributed by atoms with Crippen LogP contribution in [0, 0.1) is 10.1 Å². The van der Waals surface area contributed by atoms with Gasteiger partial charge in [0.25, 0.3) is 5.69 Å². The van der Waals surface area contributed by atoms with Gasteiger partial charge >= 0.3 is 5.97 Å². The molecule has 0 amide bonds.